The standard InChI is InChI=1S/C42H38N4O5.C32H30N2O3.C31H28N2O3.C21H22N2O3/c47-33-15-18-36-35(23-33)31(24-43-36)22-38(42(49)50)45-41(48)30-14-19-39-37(21-30)44-40(46(39)32-8-2-1-3-9-32)28-12-16-34(17-13-28)51-25-26-10-11-27-6-4-5-7-29(27)20-26;1-36-32(35)26-15-18-30-29(20-26)33-31(34(30)27-9-3-2-4-10-27)24-13-16-28(17-14-24)37-21-22-11-12-23-7-5-6-8-25(23)19-22;34-31(35)25-14-17-29-28(19-25)32-30(33(29)26-8-2-1-3-9-26)23-12-15-27(16-13-23)36-20-21-10-11-22-6-4-5-7-24(22)18-21;1-26-21(25)15-9-12-19-18(13-15)22-20(14-7-10-17(24)11-8-14)23(19)16-5-3-2-4-6-16/h4-7,10-21,23-24,32,38,43,47H,1-3,8-9,22,25H2,(H,45,48)(H,49,50);5-8,11-20,27H,2-4,9-10,21H2,1H3;4-7,10-19,26H,1-3,8-9,20H2,(H,34,35);7-13,16,24H,2-6H2,1H3/t38-;;;/m0.../s1. The molecule has 6 N–H and O–H groups in total. The molecule has 1 amide bonds. The van der Waals surface area contributed by atoms with Gasteiger partial charge in [0.15, 0.2) is 0 Å². The third-order valence-electron chi connectivity index (χ3n) is 29.8. The Morgan fingerprint density at radius 3 is 0.993 bits per heavy atom. The number of nitrogens with one attached hydrogen (secondary N) is 2. The Morgan fingerprint density at radius 1 is 0.340 bits per heavy atom. The minimum Gasteiger partial charge on any atom is -0.508 e. The van der Waals surface area contributed by atoms with Crippen molar-refractivity contribution in [1.29, 1.82) is 0 Å². The number of hydrogen-bond acceptors (Lipinski definition) is 16. The van der Waals surface area contributed by atoms with Crippen LogP contribution in [0.4, 0.5) is 0 Å². The number of nitrogens with zero attached hydrogens (tertiary/aromatic N) is 8. The van der Waals surface area contributed by atoms with Crippen molar-refractivity contribution in [3.63, 3.8) is 0 Å². The summed E-state index contributed by atoms with van der Waals surface area (Å²) in [7, 11) is 2.79. The second-order valence-electron chi connectivity index (χ2n) is 39.6. The molecule has 5 aromatic heterocycles. The molecule has 24 rings (SSSR count). The zero-order chi connectivity index (χ0) is 103. The van der Waals surface area contributed by atoms with Crippen molar-refractivity contribution in [3.8, 4) is 74.3 Å². The topological polar surface area (TPSA) is 312 Å². The summed E-state index contributed by atoms with van der Waals surface area (Å²) in [5.74, 6) is 2.99. The average molecular weight is 2000 g/mol. The molecule has 756 valence electrons. The minimum absolute atomic E-state index is 0.0508. The van der Waals surface area contributed by atoms with Gasteiger partial charge in [-0.3, -0.25) is 4.79 Å². The number of carbonyl (C=O) groups excluding carboxylic acids is 3. The lowest BCUT2D eigenvalue weighted by Crippen LogP contribution is -2.42. The van der Waals surface area contributed by atoms with Gasteiger partial charge in [-0.2, -0.15) is 0 Å². The van der Waals surface area contributed by atoms with Gasteiger partial charge in [-0.1, -0.05) is 186 Å². The Balaban J connectivity index is 0.000000120. The van der Waals surface area contributed by atoms with Crippen molar-refractivity contribution in [3.05, 3.63) is 366 Å². The average Bonchev–Trinajstić information content (AvgIpc) is 1.62. The number of aromatic carboxylic acids is 1. The fourth-order valence-electron chi connectivity index (χ4n) is 22.0. The van der Waals surface area contributed by atoms with Gasteiger partial charge in [0.1, 0.15) is 77.9 Å². The molecule has 150 heavy (non-hydrogen) atoms. The van der Waals surface area contributed by atoms with Gasteiger partial charge in [0.25, 0.3) is 5.91 Å². The molecule has 0 spiro atoms. The molecular formula is C126H118N10O14. The lowest BCUT2D eigenvalue weighted by atomic mass is 9.94. The first kappa shape index (κ1) is 98.9. The number of amides is 1. The van der Waals surface area contributed by atoms with E-state index < -0.39 is 23.9 Å². The van der Waals surface area contributed by atoms with Gasteiger partial charge >= 0.3 is 23.9 Å². The number of benzene rings is 15. The van der Waals surface area contributed by atoms with E-state index in [1.54, 1.807) is 72.9 Å². The Bertz CT molecular complexity index is 8330. The second kappa shape index (κ2) is 45.1. The van der Waals surface area contributed by atoms with Gasteiger partial charge in [0, 0.05) is 75.5 Å². The van der Waals surface area contributed by atoms with Gasteiger partial charge in [0.2, 0.25) is 0 Å². The highest BCUT2D eigenvalue weighted by atomic mass is 16.5. The van der Waals surface area contributed by atoms with Crippen LogP contribution in [0.5, 0.6) is 28.7 Å². The number of aromatic nitrogens is 9. The molecule has 4 aliphatic carbocycles. The van der Waals surface area contributed by atoms with E-state index in [1.165, 1.54) is 111 Å². The van der Waals surface area contributed by atoms with Crippen molar-refractivity contribution in [2.45, 2.75) is 185 Å². The number of carbonyl (C=O) groups is 5. The maximum atomic E-state index is 13.5. The van der Waals surface area contributed by atoms with Crippen LogP contribution in [0.2, 0.25) is 0 Å². The molecule has 0 saturated heterocycles. The molecule has 0 radical (unpaired) electrons. The lowest BCUT2D eigenvalue weighted by Gasteiger charge is -2.25. The first-order valence-corrected chi connectivity index (χ1v) is 52.1. The third kappa shape index (κ3) is 22.1. The highest BCUT2D eigenvalue weighted by molar-refractivity contribution is 6.01. The molecule has 20 aromatic rings. The number of methoxy groups -OCH3 is 2. The number of carboxylic acids is 2. The number of ether oxygens (including phenoxy) is 5. The van der Waals surface area contributed by atoms with Gasteiger partial charge in [-0.05, 0) is 312 Å². The number of esters is 2. The number of carboxylic acid groups (broad SMARTS) is 2. The molecule has 24 heteroatoms. The Morgan fingerprint density at radius 2 is 0.653 bits per heavy atom. The Hall–Kier alpha value is -17.2. The van der Waals surface area contributed by atoms with E-state index in [0.29, 0.717) is 71.1 Å². The van der Waals surface area contributed by atoms with Crippen molar-refractivity contribution < 1.29 is 68.1 Å². The number of rotatable bonds is 25. The van der Waals surface area contributed by atoms with Crippen LogP contribution in [-0.4, -0.2) is 114 Å². The Kier molecular flexibility index (Phi) is 29.7. The van der Waals surface area contributed by atoms with Crippen LogP contribution in [0, 0.1) is 0 Å². The normalized spacial score (nSPS) is 14.4. The fourth-order valence-corrected chi connectivity index (χ4v) is 22.0. The molecule has 1 atom stereocenters. The summed E-state index contributed by atoms with van der Waals surface area (Å²) in [6, 6.07) is 103. The van der Waals surface area contributed by atoms with Gasteiger partial charge in [-0.15, -0.1) is 0 Å². The van der Waals surface area contributed by atoms with Crippen LogP contribution in [-0.2, 0) is 40.5 Å². The van der Waals surface area contributed by atoms with Gasteiger partial charge in [0.05, 0.1) is 75.0 Å². The number of imidazole rings is 4. The summed E-state index contributed by atoms with van der Waals surface area (Å²) >= 11 is 0. The number of aromatic hydroxyl groups is 2. The second-order valence-corrected chi connectivity index (χ2v) is 39.6. The van der Waals surface area contributed by atoms with Gasteiger partial charge in [-0.25, -0.2) is 39.1 Å². The molecule has 24 nitrogen and oxygen atoms in total. The predicted molar refractivity (Wildman–Crippen MR) is 588 cm³/mol. The lowest BCUT2D eigenvalue weighted by molar-refractivity contribution is -0.139. The van der Waals surface area contributed by atoms with E-state index in [2.05, 4.69) is 150 Å². The van der Waals surface area contributed by atoms with Crippen molar-refractivity contribution in [1.82, 2.24) is 48.5 Å². The zero-order valence-corrected chi connectivity index (χ0v) is 83.9. The van der Waals surface area contributed by atoms with Crippen molar-refractivity contribution >= 4 is 117 Å². The highest BCUT2D eigenvalue weighted by Gasteiger charge is 2.31. The van der Waals surface area contributed by atoms with Gasteiger partial charge < -0.3 is 72.7 Å². The summed E-state index contributed by atoms with van der Waals surface area (Å²) < 4.78 is 37.4. The molecule has 4 aliphatic rings. The molecule has 0 aliphatic heterocycles. The number of phenols is 2. The van der Waals surface area contributed by atoms with Crippen molar-refractivity contribution in [2.75, 3.05) is 14.2 Å². The molecule has 5 heterocycles. The first-order valence-electron chi connectivity index (χ1n) is 52.1. The summed E-state index contributed by atoms with van der Waals surface area (Å²) in [6.45, 7) is 1.48. The maximum absolute atomic E-state index is 13.5. The number of H-pyrrole nitrogens is 1. The number of aliphatic carboxylic acids is 1. The molecule has 0 unspecified atom stereocenters. The molecule has 15 aromatic carbocycles. The number of hydrogen-bond donors (Lipinski definition) is 6. The van der Waals surface area contributed by atoms with E-state index in [4.69, 9.17) is 43.6 Å². The monoisotopic (exact) mass is 1990 g/mol. The summed E-state index contributed by atoms with van der Waals surface area (Å²) in [4.78, 5) is 84.2. The first-order chi connectivity index (χ1) is 73.4. The van der Waals surface area contributed by atoms with E-state index in [1.807, 2.05) is 127 Å². The number of aromatic amines is 1. The van der Waals surface area contributed by atoms with Crippen molar-refractivity contribution in [2.24, 2.45) is 0 Å². The van der Waals surface area contributed by atoms with E-state index in [9.17, 15) is 44.4 Å². The molecular weight excluding hydrogens is 1880 g/mol. The number of fused-ring (bicyclic) bond motifs is 8. The highest BCUT2D eigenvalue weighted by Crippen LogP contribution is 2.44. The van der Waals surface area contributed by atoms with Crippen LogP contribution in [0.1, 0.15) is 216 Å². The quantitative estimate of drug-likeness (QED) is 0.0290. The van der Waals surface area contributed by atoms with E-state index >= 15 is 0 Å². The largest absolute Gasteiger partial charge is 0.508 e. The van der Waals surface area contributed by atoms with E-state index in [-0.39, 0.29) is 41.5 Å². The summed E-state index contributed by atoms with van der Waals surface area (Å²) in [5, 5.41) is 49.7. The van der Waals surface area contributed by atoms with Crippen LogP contribution >= 0.6 is 0 Å². The maximum Gasteiger partial charge on any atom is 0.337 e. The third-order valence-corrected chi connectivity index (χ3v) is 29.8. The summed E-state index contributed by atoms with van der Waals surface area (Å²) in [6.07, 6.45) is 25.3. The molecule has 4 saturated carbocycles. The predicted octanol–water partition coefficient (Wildman–Crippen LogP) is 28.6. The van der Waals surface area contributed by atoms with Crippen LogP contribution in [0.25, 0.3) is 133 Å². The SMILES string of the molecule is COC(=O)c1ccc2c(c1)nc(-c1ccc(O)cc1)n2C1CCCCC1.COC(=O)c1ccc2c(c1)nc(-c1ccc(OCc3ccc4ccccc4c3)cc1)n2C1CCCCC1.O=C(N[C@@H](Cc1c[nH]c2ccc(O)cc12)C(=O)O)c1ccc2c(c1)nc(-c1ccc(OCc3ccc4ccccc4c3)cc1)n2C1CCCCC1.O=C(O)c1ccc2c(c1)nc(-c1ccc(OCc3ccc4ccccc4c3)cc1)n2C1CCCCC1. The smallest absolute Gasteiger partial charge is 0.337 e. The zero-order valence-electron chi connectivity index (χ0n) is 83.9. The van der Waals surface area contributed by atoms with E-state index in [0.717, 1.165) is 188 Å². The minimum atomic E-state index is -1.17. The van der Waals surface area contributed by atoms with Crippen LogP contribution in [0.15, 0.2) is 322 Å². The number of phenolic OH excluding ortho intramolecular Hbond substituents is 2. The summed E-state index contributed by atoms with van der Waals surface area (Å²) in [5.41, 5.74) is 17.5. The van der Waals surface area contributed by atoms with Crippen LogP contribution in [0.3, 0.4) is 0 Å². The molecule has 0 bridgehead atoms. The Labute approximate surface area is 868 Å². The molecule has 4 fully saturated rings. The van der Waals surface area contributed by atoms with Crippen LogP contribution < -0.4 is 19.5 Å². The fraction of sp³-hybridized carbons (Fsp3) is 0.246.